The van der Waals surface area contributed by atoms with E-state index in [2.05, 4.69) is 83.4 Å². The first kappa shape index (κ1) is 21.8. The number of nitrogens with zero attached hydrogens (tertiary/aromatic N) is 4. The van der Waals surface area contributed by atoms with E-state index in [1.54, 1.807) is 17.5 Å². The van der Waals surface area contributed by atoms with Gasteiger partial charge in [-0.25, -0.2) is 9.50 Å². The summed E-state index contributed by atoms with van der Waals surface area (Å²) >= 11 is 1.73. The zero-order valence-corrected chi connectivity index (χ0v) is 20.4. The Kier molecular flexibility index (Phi) is 5.32. The standard InChI is InChI=1S/C25H32N4OS/c1-23(2,3)19-12-18-9-8-17(15-29(18)28-19)13-24(4,5)20-16-31-22(27-20)14-25(6,7)21-10-11-26-30-21/h8-12,15-16H,13-14H2,1-7H3. The van der Waals surface area contributed by atoms with Crippen molar-refractivity contribution in [3.05, 3.63) is 69.8 Å². The molecule has 4 heterocycles. The van der Waals surface area contributed by atoms with Crippen LogP contribution in [0.5, 0.6) is 0 Å². The van der Waals surface area contributed by atoms with Gasteiger partial charge in [-0.3, -0.25) is 0 Å². The summed E-state index contributed by atoms with van der Waals surface area (Å²) in [4.78, 5) is 5.01. The van der Waals surface area contributed by atoms with Crippen LogP contribution in [0.25, 0.3) is 5.52 Å². The van der Waals surface area contributed by atoms with E-state index in [1.165, 1.54) is 5.56 Å². The Labute approximate surface area is 188 Å². The van der Waals surface area contributed by atoms with Crippen molar-refractivity contribution in [3.63, 3.8) is 0 Å². The molecule has 4 rings (SSSR count). The van der Waals surface area contributed by atoms with Crippen molar-refractivity contribution < 1.29 is 4.52 Å². The summed E-state index contributed by atoms with van der Waals surface area (Å²) in [7, 11) is 0. The van der Waals surface area contributed by atoms with Crippen LogP contribution in [0.2, 0.25) is 0 Å². The van der Waals surface area contributed by atoms with Crippen LogP contribution >= 0.6 is 11.3 Å². The van der Waals surface area contributed by atoms with Crippen LogP contribution in [0.15, 0.2) is 46.6 Å². The maximum atomic E-state index is 5.40. The van der Waals surface area contributed by atoms with E-state index in [4.69, 9.17) is 14.6 Å². The molecule has 5 nitrogen and oxygen atoms in total. The minimum absolute atomic E-state index is 0.0436. The molecule has 0 aliphatic heterocycles. The molecule has 4 aromatic heterocycles. The Hall–Kier alpha value is -2.47. The first-order valence-corrected chi connectivity index (χ1v) is 11.7. The first-order valence-electron chi connectivity index (χ1n) is 10.8. The summed E-state index contributed by atoms with van der Waals surface area (Å²) in [6, 6.07) is 8.50. The average Bonchev–Trinajstić information content (AvgIpc) is 3.40. The Balaban J connectivity index is 1.52. The molecule has 0 amide bonds. The molecule has 0 saturated heterocycles. The molecule has 0 radical (unpaired) electrons. The zero-order valence-electron chi connectivity index (χ0n) is 19.6. The molecular weight excluding hydrogens is 404 g/mol. The molecule has 0 fully saturated rings. The Bertz CT molecular complexity index is 1180. The van der Waals surface area contributed by atoms with E-state index in [0.29, 0.717) is 0 Å². The monoisotopic (exact) mass is 436 g/mol. The van der Waals surface area contributed by atoms with E-state index in [-0.39, 0.29) is 16.2 Å². The lowest BCUT2D eigenvalue weighted by molar-refractivity contribution is 0.314. The van der Waals surface area contributed by atoms with E-state index in [0.717, 1.165) is 40.5 Å². The van der Waals surface area contributed by atoms with Gasteiger partial charge in [0.1, 0.15) is 5.76 Å². The maximum Gasteiger partial charge on any atom is 0.142 e. The quantitative estimate of drug-likeness (QED) is 0.365. The van der Waals surface area contributed by atoms with Crippen LogP contribution in [0.1, 0.15) is 76.2 Å². The van der Waals surface area contributed by atoms with Gasteiger partial charge < -0.3 is 4.52 Å². The highest BCUT2D eigenvalue weighted by Crippen LogP contribution is 2.33. The lowest BCUT2D eigenvalue weighted by Crippen LogP contribution is -2.22. The van der Waals surface area contributed by atoms with Gasteiger partial charge >= 0.3 is 0 Å². The number of pyridine rings is 1. The highest BCUT2D eigenvalue weighted by atomic mass is 32.1. The van der Waals surface area contributed by atoms with Crippen molar-refractivity contribution in [1.29, 1.82) is 0 Å². The van der Waals surface area contributed by atoms with Crippen molar-refractivity contribution in [2.45, 2.75) is 77.6 Å². The number of hydrogen-bond acceptors (Lipinski definition) is 5. The molecule has 0 aliphatic carbocycles. The van der Waals surface area contributed by atoms with Crippen molar-refractivity contribution >= 4 is 16.9 Å². The third-order valence-corrected chi connectivity index (χ3v) is 6.73. The van der Waals surface area contributed by atoms with Gasteiger partial charge in [0.05, 0.1) is 28.1 Å². The molecule has 6 heteroatoms. The second kappa shape index (κ2) is 7.59. The molecule has 4 aromatic rings. The molecule has 0 saturated carbocycles. The minimum Gasteiger partial charge on any atom is -0.361 e. The van der Waals surface area contributed by atoms with Crippen LogP contribution in [0.4, 0.5) is 0 Å². The Morgan fingerprint density at radius 3 is 2.39 bits per heavy atom. The lowest BCUT2D eigenvalue weighted by atomic mass is 9.83. The largest absolute Gasteiger partial charge is 0.361 e. The number of aromatic nitrogens is 4. The topological polar surface area (TPSA) is 56.2 Å². The Morgan fingerprint density at radius 1 is 0.935 bits per heavy atom. The summed E-state index contributed by atoms with van der Waals surface area (Å²) in [5.41, 5.74) is 4.49. The average molecular weight is 437 g/mol. The summed E-state index contributed by atoms with van der Waals surface area (Å²) in [5.74, 6) is 0.894. The van der Waals surface area contributed by atoms with Gasteiger partial charge in [-0.05, 0) is 24.1 Å². The summed E-state index contributed by atoms with van der Waals surface area (Å²) in [6.07, 6.45) is 5.60. The maximum absolute atomic E-state index is 5.40. The van der Waals surface area contributed by atoms with Crippen LogP contribution in [-0.2, 0) is 29.1 Å². The van der Waals surface area contributed by atoms with Crippen molar-refractivity contribution in [2.75, 3.05) is 0 Å². The second-order valence-electron chi connectivity index (χ2n) is 10.8. The number of thiazole rings is 1. The van der Waals surface area contributed by atoms with E-state index >= 15 is 0 Å². The fraction of sp³-hybridized carbons (Fsp3) is 0.480. The molecular formula is C25H32N4OS. The highest BCUT2D eigenvalue weighted by molar-refractivity contribution is 7.09. The summed E-state index contributed by atoms with van der Waals surface area (Å²) in [5, 5.41) is 12.0. The molecule has 0 aliphatic rings. The highest BCUT2D eigenvalue weighted by Gasteiger charge is 2.29. The predicted octanol–water partition coefficient (Wildman–Crippen LogP) is 6.12. The van der Waals surface area contributed by atoms with Gasteiger partial charge in [0.15, 0.2) is 0 Å². The van der Waals surface area contributed by atoms with E-state index < -0.39 is 0 Å². The normalized spacial score (nSPS) is 13.3. The van der Waals surface area contributed by atoms with Crippen molar-refractivity contribution in [1.82, 2.24) is 19.8 Å². The smallest absolute Gasteiger partial charge is 0.142 e. The molecule has 0 spiro atoms. The molecule has 0 unspecified atom stereocenters. The van der Waals surface area contributed by atoms with Gasteiger partial charge in [0.2, 0.25) is 0 Å². The van der Waals surface area contributed by atoms with Gasteiger partial charge in [0.25, 0.3) is 0 Å². The van der Waals surface area contributed by atoms with Crippen LogP contribution in [0.3, 0.4) is 0 Å². The second-order valence-corrected chi connectivity index (χ2v) is 11.8. The van der Waals surface area contributed by atoms with Gasteiger partial charge in [0, 0.05) is 40.3 Å². The molecule has 0 aromatic carbocycles. The SMILES string of the molecule is CC(C)(C)c1cc2ccc(CC(C)(C)c3csc(CC(C)(C)c4ccno4)n3)cn2n1. The first-order chi connectivity index (χ1) is 14.4. The molecule has 164 valence electrons. The van der Waals surface area contributed by atoms with Gasteiger partial charge in [-0.2, -0.15) is 5.10 Å². The molecule has 0 bridgehead atoms. The van der Waals surface area contributed by atoms with E-state index in [9.17, 15) is 0 Å². The predicted molar refractivity (Wildman–Crippen MR) is 126 cm³/mol. The van der Waals surface area contributed by atoms with Gasteiger partial charge in [-0.15, -0.1) is 11.3 Å². The third kappa shape index (κ3) is 4.59. The third-order valence-electron chi connectivity index (χ3n) is 5.88. The van der Waals surface area contributed by atoms with Crippen LogP contribution in [-0.4, -0.2) is 19.8 Å². The van der Waals surface area contributed by atoms with Crippen molar-refractivity contribution in [3.8, 4) is 0 Å². The summed E-state index contributed by atoms with van der Waals surface area (Å²) in [6.45, 7) is 15.5. The molecule has 0 N–H and O–H groups in total. The fourth-order valence-electron chi connectivity index (χ4n) is 3.83. The number of fused-ring (bicyclic) bond motifs is 1. The Morgan fingerprint density at radius 2 is 1.71 bits per heavy atom. The number of rotatable bonds is 6. The lowest BCUT2D eigenvalue weighted by Gasteiger charge is -2.23. The summed E-state index contributed by atoms with van der Waals surface area (Å²) < 4.78 is 7.41. The van der Waals surface area contributed by atoms with Crippen LogP contribution < -0.4 is 0 Å². The minimum atomic E-state index is -0.133. The zero-order chi connectivity index (χ0) is 22.4. The fourth-order valence-corrected chi connectivity index (χ4v) is 5.05. The molecule has 0 atom stereocenters. The van der Waals surface area contributed by atoms with Gasteiger partial charge in [-0.1, -0.05) is 59.7 Å². The van der Waals surface area contributed by atoms with E-state index in [1.807, 2.05) is 10.6 Å². The number of hydrogen-bond donors (Lipinski definition) is 0. The van der Waals surface area contributed by atoms with Crippen LogP contribution in [0, 0.1) is 0 Å². The molecule has 31 heavy (non-hydrogen) atoms. The van der Waals surface area contributed by atoms with Crippen molar-refractivity contribution in [2.24, 2.45) is 0 Å².